The number of ketones is 1. The number of alkyl carbamates (subject to hydrolysis) is 1. The summed E-state index contributed by atoms with van der Waals surface area (Å²) in [5.74, 6) is -0.435. The number of aliphatic imine (C=N–C) groups is 2. The van der Waals surface area contributed by atoms with E-state index in [1.54, 1.807) is 33.1 Å². The van der Waals surface area contributed by atoms with Crippen molar-refractivity contribution >= 4 is 35.4 Å². The Balaban J connectivity index is 1.66. The molecule has 0 spiro atoms. The average molecular weight is 491 g/mol. The van der Waals surface area contributed by atoms with Gasteiger partial charge in [0.05, 0.1) is 16.8 Å². The molecule has 1 aromatic rings. The van der Waals surface area contributed by atoms with Crippen molar-refractivity contribution in [2.24, 2.45) is 15.4 Å². The molecule has 2 aliphatic carbocycles. The van der Waals surface area contributed by atoms with Crippen molar-refractivity contribution in [1.82, 2.24) is 10.6 Å². The molecule has 4 rings (SSSR count). The van der Waals surface area contributed by atoms with E-state index in [9.17, 15) is 14.4 Å². The summed E-state index contributed by atoms with van der Waals surface area (Å²) in [5.41, 5.74) is -0.844. The van der Waals surface area contributed by atoms with Gasteiger partial charge in [0.15, 0.2) is 11.9 Å². The lowest BCUT2D eigenvalue weighted by molar-refractivity contribution is -0.129. The van der Waals surface area contributed by atoms with E-state index < -0.39 is 28.8 Å². The van der Waals surface area contributed by atoms with Crippen LogP contribution in [0.2, 0.25) is 0 Å². The van der Waals surface area contributed by atoms with Crippen LogP contribution in [0.1, 0.15) is 65.4 Å². The van der Waals surface area contributed by atoms with E-state index in [1.807, 2.05) is 43.3 Å². The number of nitrogens with one attached hydrogen (secondary N) is 2. The van der Waals surface area contributed by atoms with Crippen molar-refractivity contribution < 1.29 is 19.1 Å². The van der Waals surface area contributed by atoms with Crippen LogP contribution in [0.25, 0.3) is 0 Å². The van der Waals surface area contributed by atoms with Crippen LogP contribution >= 0.6 is 0 Å². The van der Waals surface area contributed by atoms with Crippen molar-refractivity contribution in [3.63, 3.8) is 0 Å². The van der Waals surface area contributed by atoms with Gasteiger partial charge in [-0.25, -0.2) is 4.79 Å². The van der Waals surface area contributed by atoms with Gasteiger partial charge >= 0.3 is 6.09 Å². The van der Waals surface area contributed by atoms with Gasteiger partial charge in [0, 0.05) is 11.8 Å². The van der Waals surface area contributed by atoms with Crippen molar-refractivity contribution in [3.05, 3.63) is 54.1 Å². The first kappa shape index (κ1) is 25.5. The zero-order valence-electron chi connectivity index (χ0n) is 21.3. The lowest BCUT2D eigenvalue weighted by Gasteiger charge is -2.37. The molecular formula is C28H34N4O4. The summed E-state index contributed by atoms with van der Waals surface area (Å²) in [6.45, 7) is 7.18. The number of hydrogen-bond donors (Lipinski definition) is 2. The zero-order valence-corrected chi connectivity index (χ0v) is 21.3. The van der Waals surface area contributed by atoms with Gasteiger partial charge in [0.2, 0.25) is 5.91 Å². The van der Waals surface area contributed by atoms with Crippen molar-refractivity contribution in [1.29, 1.82) is 0 Å². The van der Waals surface area contributed by atoms with Gasteiger partial charge in [-0.05, 0) is 52.7 Å². The molecule has 1 unspecified atom stereocenters. The topological polar surface area (TPSA) is 109 Å². The number of fused-ring (bicyclic) bond motifs is 1. The third kappa shape index (κ3) is 5.32. The molecular weight excluding hydrogens is 456 g/mol. The Kier molecular flexibility index (Phi) is 6.98. The second-order valence-corrected chi connectivity index (χ2v) is 10.7. The smallest absolute Gasteiger partial charge is 0.408 e. The number of allylic oxidation sites excluding steroid dienone is 4. The zero-order chi connectivity index (χ0) is 26.0. The number of nitrogens with zero attached hydrogens (tertiary/aromatic N) is 2. The van der Waals surface area contributed by atoms with Crippen molar-refractivity contribution in [3.8, 4) is 0 Å². The molecule has 2 amide bonds. The first-order valence-corrected chi connectivity index (χ1v) is 12.5. The standard InChI is InChI=1S/C28H34N4O4/c1-26(2,3)36-25(35)32-28(16-9-5-10-17-28)24(34)31-22-18-29-20-13-7-6-12-19(20)23(30-22)27(4)15-11-8-14-21(27)33/h6-8,11-15,18,22H,5,9-10,16-17H2,1-4H3,(H,31,34)(H,32,35)/t22-,27?/m1/s1. The van der Waals surface area contributed by atoms with Gasteiger partial charge in [0.25, 0.3) is 0 Å². The molecule has 0 radical (unpaired) electrons. The van der Waals surface area contributed by atoms with Crippen LogP contribution in [0.4, 0.5) is 10.5 Å². The quantitative estimate of drug-likeness (QED) is 0.645. The minimum atomic E-state index is -1.10. The van der Waals surface area contributed by atoms with Crippen LogP contribution in [-0.4, -0.2) is 47.0 Å². The van der Waals surface area contributed by atoms with Gasteiger partial charge in [-0.3, -0.25) is 19.6 Å². The van der Waals surface area contributed by atoms with Crippen LogP contribution in [0.3, 0.4) is 0 Å². The van der Waals surface area contributed by atoms with Gasteiger partial charge in [0.1, 0.15) is 11.1 Å². The highest BCUT2D eigenvalue weighted by Gasteiger charge is 2.43. The third-order valence-corrected chi connectivity index (χ3v) is 6.74. The predicted octanol–water partition coefficient (Wildman–Crippen LogP) is 4.56. The van der Waals surface area contributed by atoms with E-state index in [1.165, 1.54) is 6.08 Å². The minimum absolute atomic E-state index is 0.0964. The minimum Gasteiger partial charge on any atom is -0.444 e. The maximum atomic E-state index is 13.7. The largest absolute Gasteiger partial charge is 0.444 e. The predicted molar refractivity (Wildman–Crippen MR) is 140 cm³/mol. The lowest BCUT2D eigenvalue weighted by Crippen LogP contribution is -2.61. The molecule has 8 heteroatoms. The van der Waals surface area contributed by atoms with Crippen molar-refractivity contribution in [2.75, 3.05) is 0 Å². The van der Waals surface area contributed by atoms with Crippen LogP contribution < -0.4 is 10.6 Å². The Morgan fingerprint density at radius 3 is 2.50 bits per heavy atom. The number of amides is 2. The van der Waals surface area contributed by atoms with E-state index in [2.05, 4.69) is 15.6 Å². The van der Waals surface area contributed by atoms with Gasteiger partial charge < -0.3 is 15.4 Å². The molecule has 2 N–H and O–H groups in total. The molecule has 0 bridgehead atoms. The number of rotatable bonds is 4. The molecule has 1 fully saturated rings. The lowest BCUT2D eigenvalue weighted by atomic mass is 9.75. The van der Waals surface area contributed by atoms with Gasteiger partial charge in [-0.2, -0.15) is 0 Å². The first-order valence-electron chi connectivity index (χ1n) is 12.5. The number of hydrogen-bond acceptors (Lipinski definition) is 6. The normalized spacial score (nSPS) is 24.8. The highest BCUT2D eigenvalue weighted by Crippen LogP contribution is 2.35. The molecule has 3 aliphatic rings. The van der Waals surface area contributed by atoms with E-state index in [0.717, 1.165) is 24.8 Å². The molecule has 0 aromatic heterocycles. The van der Waals surface area contributed by atoms with Crippen LogP contribution in [0.15, 0.2) is 58.6 Å². The van der Waals surface area contributed by atoms with Crippen LogP contribution in [-0.2, 0) is 14.3 Å². The summed E-state index contributed by atoms with van der Waals surface area (Å²) < 4.78 is 5.45. The fourth-order valence-corrected chi connectivity index (χ4v) is 4.84. The monoisotopic (exact) mass is 490 g/mol. The molecule has 0 saturated heterocycles. The Morgan fingerprint density at radius 2 is 1.81 bits per heavy atom. The molecule has 2 atom stereocenters. The SMILES string of the molecule is CC(C)(C)OC(=O)NC1(C(=O)N[C@@H]2C=Nc3ccccc3C(C3(C)C=CC=CC3=O)=N2)CCCCC1. The number of carbonyl (C=O) groups is 3. The fraction of sp³-hybridized carbons (Fsp3) is 0.464. The van der Waals surface area contributed by atoms with E-state index in [-0.39, 0.29) is 11.7 Å². The van der Waals surface area contributed by atoms with Crippen LogP contribution in [0.5, 0.6) is 0 Å². The number of para-hydroxylation sites is 1. The maximum absolute atomic E-state index is 13.7. The molecule has 1 saturated carbocycles. The summed E-state index contributed by atoms with van der Waals surface area (Å²) in [6, 6.07) is 7.48. The third-order valence-electron chi connectivity index (χ3n) is 6.74. The summed E-state index contributed by atoms with van der Waals surface area (Å²) in [4.78, 5) is 48.8. The summed E-state index contributed by atoms with van der Waals surface area (Å²) in [7, 11) is 0. The second-order valence-electron chi connectivity index (χ2n) is 10.7. The van der Waals surface area contributed by atoms with E-state index in [4.69, 9.17) is 9.73 Å². The Labute approximate surface area is 212 Å². The van der Waals surface area contributed by atoms with Crippen LogP contribution in [0, 0.1) is 5.41 Å². The molecule has 8 nitrogen and oxygen atoms in total. The van der Waals surface area contributed by atoms with Gasteiger partial charge in [-0.15, -0.1) is 0 Å². The number of carbonyl (C=O) groups excluding carboxylic acids is 3. The first-order chi connectivity index (χ1) is 17.0. The molecule has 190 valence electrons. The van der Waals surface area contributed by atoms with Gasteiger partial charge in [-0.1, -0.05) is 55.7 Å². The van der Waals surface area contributed by atoms with E-state index >= 15 is 0 Å². The molecule has 36 heavy (non-hydrogen) atoms. The second kappa shape index (κ2) is 9.84. The number of ether oxygens (including phenoxy) is 1. The maximum Gasteiger partial charge on any atom is 0.408 e. The van der Waals surface area contributed by atoms with Crippen molar-refractivity contribution in [2.45, 2.75) is 77.1 Å². The highest BCUT2D eigenvalue weighted by molar-refractivity contribution is 6.24. The molecule has 1 aliphatic heterocycles. The average Bonchev–Trinajstić information content (AvgIpc) is 3.00. The summed E-state index contributed by atoms with van der Waals surface area (Å²) in [5, 5.41) is 5.83. The fourth-order valence-electron chi connectivity index (χ4n) is 4.84. The Hall–Kier alpha value is -3.55. The summed E-state index contributed by atoms with van der Waals surface area (Å²) in [6.07, 6.45) is 10.6. The molecule has 1 heterocycles. The Morgan fingerprint density at radius 1 is 1.08 bits per heavy atom. The van der Waals surface area contributed by atoms with E-state index in [0.29, 0.717) is 24.2 Å². The highest BCUT2D eigenvalue weighted by atomic mass is 16.6. The Bertz CT molecular complexity index is 1170. The molecule has 1 aromatic carbocycles. The number of benzene rings is 1. The summed E-state index contributed by atoms with van der Waals surface area (Å²) >= 11 is 0.